The Balaban J connectivity index is 1.01. The van der Waals surface area contributed by atoms with Crippen LogP contribution in [0, 0.1) is 0 Å². The van der Waals surface area contributed by atoms with Gasteiger partial charge in [-0.15, -0.1) is 0 Å². The molecular formula is C59H38N4. The summed E-state index contributed by atoms with van der Waals surface area (Å²) in [7, 11) is 0. The molecule has 0 spiro atoms. The molecule has 9 aromatic carbocycles. The monoisotopic (exact) mass is 802 g/mol. The van der Waals surface area contributed by atoms with Crippen molar-refractivity contribution in [1.82, 2.24) is 18.7 Å². The molecule has 0 atom stereocenters. The summed E-state index contributed by atoms with van der Waals surface area (Å²) in [6, 6.07) is 83.3. The molecular weight excluding hydrogens is 765 g/mol. The van der Waals surface area contributed by atoms with Crippen molar-refractivity contribution < 1.29 is 0 Å². The van der Waals surface area contributed by atoms with E-state index in [0.29, 0.717) is 0 Å². The standard InChI is InChI=1S/C59H38N4/c1-4-16-39(17-5-1)43-36-52(40-18-6-2-7-19-40)60-59(37-43)63-55-27-15-12-24-48(55)49-34-41(29-32-58(49)63)42-28-31-56-50(35-42)51-38-45(30-33-57(51)61(56)44-20-8-3-9-21-44)62-53-25-13-10-22-46(53)47-23-11-14-26-54(47)62/h1-38H. The number of aromatic nitrogens is 4. The van der Waals surface area contributed by atoms with Crippen molar-refractivity contribution in [2.24, 2.45) is 0 Å². The molecule has 4 nitrogen and oxygen atoms in total. The van der Waals surface area contributed by atoms with Gasteiger partial charge in [0, 0.05) is 49.3 Å². The summed E-state index contributed by atoms with van der Waals surface area (Å²) in [6.45, 7) is 0. The first-order valence-electron chi connectivity index (χ1n) is 21.5. The second kappa shape index (κ2) is 14.1. The van der Waals surface area contributed by atoms with E-state index in [1.54, 1.807) is 0 Å². The number of rotatable bonds is 6. The average Bonchev–Trinajstić information content (AvgIpc) is 3.99. The lowest BCUT2D eigenvalue weighted by Gasteiger charge is -2.13. The van der Waals surface area contributed by atoms with Crippen LogP contribution in [-0.4, -0.2) is 18.7 Å². The maximum atomic E-state index is 5.36. The molecule has 0 aliphatic carbocycles. The predicted molar refractivity (Wildman–Crippen MR) is 264 cm³/mol. The van der Waals surface area contributed by atoms with Crippen molar-refractivity contribution >= 4 is 65.4 Å². The molecule has 0 fully saturated rings. The Morgan fingerprint density at radius 1 is 0.238 bits per heavy atom. The van der Waals surface area contributed by atoms with Gasteiger partial charge in [-0.2, -0.15) is 0 Å². The molecule has 4 heterocycles. The van der Waals surface area contributed by atoms with E-state index in [0.717, 1.165) is 50.6 Å². The van der Waals surface area contributed by atoms with Gasteiger partial charge in [-0.25, -0.2) is 4.98 Å². The van der Waals surface area contributed by atoms with Crippen LogP contribution < -0.4 is 0 Å². The molecule has 0 aliphatic heterocycles. The first-order chi connectivity index (χ1) is 31.2. The minimum Gasteiger partial charge on any atom is -0.309 e. The van der Waals surface area contributed by atoms with Gasteiger partial charge < -0.3 is 9.13 Å². The molecule has 13 aromatic rings. The van der Waals surface area contributed by atoms with E-state index in [1.165, 1.54) is 65.5 Å². The summed E-state index contributed by atoms with van der Waals surface area (Å²) in [4.78, 5) is 5.36. The normalized spacial score (nSPS) is 11.8. The maximum absolute atomic E-state index is 5.36. The highest BCUT2D eigenvalue weighted by atomic mass is 15.1. The Morgan fingerprint density at radius 3 is 1.29 bits per heavy atom. The zero-order valence-corrected chi connectivity index (χ0v) is 34.2. The van der Waals surface area contributed by atoms with Gasteiger partial charge in [-0.1, -0.05) is 146 Å². The van der Waals surface area contributed by atoms with Gasteiger partial charge in [0.05, 0.1) is 38.8 Å². The van der Waals surface area contributed by atoms with Crippen LogP contribution in [0.25, 0.3) is 116 Å². The van der Waals surface area contributed by atoms with Crippen LogP contribution in [0.2, 0.25) is 0 Å². The van der Waals surface area contributed by atoms with Gasteiger partial charge in [0.2, 0.25) is 0 Å². The Bertz CT molecular complexity index is 3780. The third kappa shape index (κ3) is 5.59. The van der Waals surface area contributed by atoms with Crippen LogP contribution in [0.3, 0.4) is 0 Å². The molecule has 0 saturated heterocycles. The summed E-state index contributed by atoms with van der Waals surface area (Å²) in [6.07, 6.45) is 0. The SMILES string of the molecule is c1ccc(-c2cc(-c3ccccc3)nc(-n3c4ccccc4c4cc(-c5ccc6c(c5)c5cc(-n7c8ccccc8c8ccccc87)ccc5n6-c5ccccc5)ccc43)c2)cc1. The van der Waals surface area contributed by atoms with Gasteiger partial charge in [0.15, 0.2) is 0 Å². The van der Waals surface area contributed by atoms with Crippen molar-refractivity contribution in [3.8, 4) is 50.7 Å². The van der Waals surface area contributed by atoms with Gasteiger partial charge in [0.25, 0.3) is 0 Å². The van der Waals surface area contributed by atoms with E-state index in [2.05, 4.69) is 244 Å². The topological polar surface area (TPSA) is 27.7 Å². The number of pyridine rings is 1. The number of benzene rings is 9. The summed E-state index contributed by atoms with van der Waals surface area (Å²) in [5.74, 6) is 0.892. The highest BCUT2D eigenvalue weighted by Crippen LogP contribution is 2.41. The summed E-state index contributed by atoms with van der Waals surface area (Å²) in [5.41, 5.74) is 16.0. The van der Waals surface area contributed by atoms with Crippen LogP contribution in [0.1, 0.15) is 0 Å². The highest BCUT2D eigenvalue weighted by Gasteiger charge is 2.19. The molecule has 0 unspecified atom stereocenters. The van der Waals surface area contributed by atoms with Crippen molar-refractivity contribution in [2.75, 3.05) is 0 Å². The van der Waals surface area contributed by atoms with Crippen molar-refractivity contribution in [2.45, 2.75) is 0 Å². The lowest BCUT2D eigenvalue weighted by atomic mass is 10.0. The Morgan fingerprint density at radius 2 is 0.667 bits per heavy atom. The molecule has 13 rings (SSSR count). The smallest absolute Gasteiger partial charge is 0.138 e. The largest absolute Gasteiger partial charge is 0.309 e. The minimum absolute atomic E-state index is 0.892. The molecule has 0 bridgehead atoms. The third-order valence-electron chi connectivity index (χ3n) is 12.8. The number of para-hydroxylation sites is 4. The molecule has 63 heavy (non-hydrogen) atoms. The molecule has 0 saturated carbocycles. The van der Waals surface area contributed by atoms with Crippen molar-refractivity contribution in [3.63, 3.8) is 0 Å². The molecule has 0 aliphatic rings. The Labute approximate surface area is 363 Å². The van der Waals surface area contributed by atoms with E-state index >= 15 is 0 Å². The molecule has 0 radical (unpaired) electrons. The number of fused-ring (bicyclic) bond motifs is 9. The summed E-state index contributed by atoms with van der Waals surface area (Å²) >= 11 is 0. The zero-order chi connectivity index (χ0) is 41.4. The van der Waals surface area contributed by atoms with Gasteiger partial charge in [-0.3, -0.25) is 4.57 Å². The average molecular weight is 803 g/mol. The molecule has 0 amide bonds. The first-order valence-corrected chi connectivity index (χ1v) is 21.5. The minimum atomic E-state index is 0.892. The molecule has 4 heteroatoms. The van der Waals surface area contributed by atoms with Gasteiger partial charge in [0.1, 0.15) is 5.82 Å². The predicted octanol–water partition coefficient (Wildman–Crippen LogP) is 15.4. The van der Waals surface area contributed by atoms with Crippen LogP contribution >= 0.6 is 0 Å². The van der Waals surface area contributed by atoms with E-state index < -0.39 is 0 Å². The zero-order valence-electron chi connectivity index (χ0n) is 34.2. The van der Waals surface area contributed by atoms with Crippen LogP contribution in [0.15, 0.2) is 231 Å². The molecule has 4 aromatic heterocycles. The third-order valence-corrected chi connectivity index (χ3v) is 12.8. The van der Waals surface area contributed by atoms with Crippen LogP contribution in [0.5, 0.6) is 0 Å². The highest BCUT2D eigenvalue weighted by molar-refractivity contribution is 6.14. The summed E-state index contributed by atoms with van der Waals surface area (Å²) in [5, 5.41) is 7.33. The number of hydrogen-bond acceptors (Lipinski definition) is 1. The fourth-order valence-electron chi connectivity index (χ4n) is 9.97. The fourth-order valence-corrected chi connectivity index (χ4v) is 9.97. The Kier molecular flexibility index (Phi) is 7.87. The second-order valence-corrected chi connectivity index (χ2v) is 16.4. The second-order valence-electron chi connectivity index (χ2n) is 16.4. The fraction of sp³-hybridized carbons (Fsp3) is 0. The van der Waals surface area contributed by atoms with Crippen molar-refractivity contribution in [3.05, 3.63) is 231 Å². The van der Waals surface area contributed by atoms with Crippen LogP contribution in [0.4, 0.5) is 0 Å². The number of hydrogen-bond donors (Lipinski definition) is 0. The van der Waals surface area contributed by atoms with E-state index in [4.69, 9.17) is 4.98 Å². The van der Waals surface area contributed by atoms with E-state index in [1.807, 2.05) is 0 Å². The van der Waals surface area contributed by atoms with Gasteiger partial charge in [-0.05, 0) is 107 Å². The molecule has 0 N–H and O–H groups in total. The van der Waals surface area contributed by atoms with Gasteiger partial charge >= 0.3 is 0 Å². The van der Waals surface area contributed by atoms with E-state index in [9.17, 15) is 0 Å². The molecule has 294 valence electrons. The van der Waals surface area contributed by atoms with E-state index in [-0.39, 0.29) is 0 Å². The maximum Gasteiger partial charge on any atom is 0.138 e. The van der Waals surface area contributed by atoms with Crippen molar-refractivity contribution in [1.29, 1.82) is 0 Å². The first kappa shape index (κ1) is 35.3. The summed E-state index contributed by atoms with van der Waals surface area (Å²) < 4.78 is 7.15. The lowest BCUT2D eigenvalue weighted by molar-refractivity contribution is 1.08. The quantitative estimate of drug-likeness (QED) is 0.165. The lowest BCUT2D eigenvalue weighted by Crippen LogP contribution is -2.00. The van der Waals surface area contributed by atoms with Crippen LogP contribution in [-0.2, 0) is 0 Å². The number of nitrogens with zero attached hydrogens (tertiary/aromatic N) is 4. The Hall–Kier alpha value is -8.47.